The van der Waals surface area contributed by atoms with Crippen molar-refractivity contribution in [2.75, 3.05) is 12.0 Å². The molecule has 0 aromatic heterocycles. The van der Waals surface area contributed by atoms with Crippen LogP contribution in [0.15, 0.2) is 57.9 Å². The maximum absolute atomic E-state index is 12.9. The van der Waals surface area contributed by atoms with Crippen LogP contribution in [-0.2, 0) is 4.79 Å². The van der Waals surface area contributed by atoms with Crippen molar-refractivity contribution in [2.45, 2.75) is 0 Å². The molecule has 7 heteroatoms. The van der Waals surface area contributed by atoms with Crippen LogP contribution in [0, 0.1) is 5.82 Å². The van der Waals surface area contributed by atoms with Gasteiger partial charge in [0, 0.05) is 10.2 Å². The van der Waals surface area contributed by atoms with Crippen molar-refractivity contribution in [1.29, 1.82) is 0 Å². The van der Waals surface area contributed by atoms with Crippen molar-refractivity contribution in [2.24, 2.45) is 0 Å². The number of anilines is 1. The number of benzene rings is 2. The zero-order chi connectivity index (χ0) is 17.1. The number of nitrogens with zero attached hydrogens (tertiary/aromatic N) is 1. The van der Waals surface area contributed by atoms with Crippen LogP contribution in [0.25, 0.3) is 6.08 Å². The van der Waals surface area contributed by atoms with E-state index in [0.29, 0.717) is 9.23 Å². The molecule has 24 heavy (non-hydrogen) atoms. The maximum Gasteiger partial charge on any atom is 0.267 e. The summed E-state index contributed by atoms with van der Waals surface area (Å²) >= 11 is 9.98. The Labute approximate surface area is 157 Å². The van der Waals surface area contributed by atoms with Crippen LogP contribution in [0.5, 0.6) is 0 Å². The number of carbonyl (C=O) groups is 1. The molecule has 3 rings (SSSR count). The second-order valence-electron chi connectivity index (χ2n) is 5.01. The molecule has 1 N–H and O–H groups in total. The van der Waals surface area contributed by atoms with Gasteiger partial charge in [0.2, 0.25) is 0 Å². The summed E-state index contributed by atoms with van der Waals surface area (Å²) in [6, 6.07) is 13.6. The van der Waals surface area contributed by atoms with Gasteiger partial charge in [-0.25, -0.2) is 4.39 Å². The lowest BCUT2D eigenvalue weighted by molar-refractivity contribution is -0.121. The minimum Gasteiger partial charge on any atom is -0.367 e. The first-order valence-corrected chi connectivity index (χ1v) is 9.05. The first kappa shape index (κ1) is 17.1. The summed E-state index contributed by atoms with van der Waals surface area (Å²) in [7, 11) is 0. The third-order valence-corrected chi connectivity index (χ3v) is 5.18. The summed E-state index contributed by atoms with van der Waals surface area (Å²) in [5.74, 6) is -0.442. The highest BCUT2D eigenvalue weighted by molar-refractivity contribution is 9.10. The maximum atomic E-state index is 12.9. The van der Waals surface area contributed by atoms with E-state index < -0.39 is 0 Å². The van der Waals surface area contributed by atoms with Crippen molar-refractivity contribution in [1.82, 2.24) is 4.90 Å². The fourth-order valence-corrected chi connectivity index (χ4v) is 3.79. The van der Waals surface area contributed by atoms with Crippen LogP contribution in [0.4, 0.5) is 10.1 Å². The van der Waals surface area contributed by atoms with Crippen molar-refractivity contribution in [3.8, 4) is 0 Å². The van der Waals surface area contributed by atoms with Gasteiger partial charge >= 0.3 is 0 Å². The third-order valence-electron chi connectivity index (χ3n) is 3.31. The summed E-state index contributed by atoms with van der Waals surface area (Å²) in [6.07, 6.45) is 1.82. The number of amides is 1. The largest absolute Gasteiger partial charge is 0.367 e. The molecule has 122 valence electrons. The zero-order valence-corrected chi connectivity index (χ0v) is 15.6. The summed E-state index contributed by atoms with van der Waals surface area (Å²) in [5.41, 5.74) is 1.65. The molecule has 3 nitrogen and oxygen atoms in total. The Morgan fingerprint density at radius 3 is 2.71 bits per heavy atom. The molecule has 1 aliphatic rings. The first-order valence-electron chi connectivity index (χ1n) is 7.03. The van der Waals surface area contributed by atoms with Gasteiger partial charge in [-0.1, -0.05) is 52.0 Å². The topological polar surface area (TPSA) is 32.3 Å². The molecule has 1 amide bonds. The number of hydrogen-bond donors (Lipinski definition) is 1. The number of thioether (sulfide) groups is 1. The minimum absolute atomic E-state index is 0.139. The van der Waals surface area contributed by atoms with Crippen LogP contribution in [0.1, 0.15) is 5.56 Å². The van der Waals surface area contributed by atoms with E-state index in [1.54, 1.807) is 12.1 Å². The number of halogens is 2. The van der Waals surface area contributed by atoms with Crippen LogP contribution >= 0.6 is 39.9 Å². The standard InChI is InChI=1S/C17H12BrFN2OS2/c18-12-3-1-2-11(8-12)9-15-16(22)21(17(23)24-15)10-20-14-6-4-13(19)5-7-14/h1-9,20H,10H2. The van der Waals surface area contributed by atoms with E-state index in [1.807, 2.05) is 30.3 Å². The van der Waals surface area contributed by atoms with Crippen molar-refractivity contribution >= 4 is 61.9 Å². The molecular formula is C17H12BrFN2OS2. The molecule has 1 saturated heterocycles. The Morgan fingerprint density at radius 2 is 2.00 bits per heavy atom. The van der Waals surface area contributed by atoms with E-state index in [9.17, 15) is 9.18 Å². The van der Waals surface area contributed by atoms with E-state index in [0.717, 1.165) is 15.7 Å². The summed E-state index contributed by atoms with van der Waals surface area (Å²) in [5, 5.41) is 3.07. The highest BCUT2D eigenvalue weighted by Crippen LogP contribution is 2.32. The molecule has 2 aromatic rings. The first-order chi connectivity index (χ1) is 11.5. The highest BCUT2D eigenvalue weighted by Gasteiger charge is 2.31. The van der Waals surface area contributed by atoms with Crippen LogP contribution in [-0.4, -0.2) is 21.8 Å². The highest BCUT2D eigenvalue weighted by atomic mass is 79.9. The molecule has 0 radical (unpaired) electrons. The number of carbonyl (C=O) groups excluding carboxylic acids is 1. The lowest BCUT2D eigenvalue weighted by atomic mass is 10.2. The molecule has 2 aromatic carbocycles. The third kappa shape index (κ3) is 4.03. The Bertz CT molecular complexity index is 824. The molecule has 0 saturated carbocycles. The van der Waals surface area contributed by atoms with Crippen LogP contribution in [0.3, 0.4) is 0 Å². The van der Waals surface area contributed by atoms with E-state index in [1.165, 1.54) is 28.8 Å². The van der Waals surface area contributed by atoms with Gasteiger partial charge in [-0.05, 0) is 48.0 Å². The lowest BCUT2D eigenvalue weighted by Crippen LogP contribution is -2.33. The van der Waals surface area contributed by atoms with Crippen LogP contribution in [0.2, 0.25) is 0 Å². The Balaban J connectivity index is 1.71. The Morgan fingerprint density at radius 1 is 1.25 bits per heavy atom. The van der Waals surface area contributed by atoms with Crippen molar-refractivity contribution in [3.05, 3.63) is 69.3 Å². The molecule has 0 aliphatic carbocycles. The summed E-state index contributed by atoms with van der Waals surface area (Å²) in [4.78, 5) is 14.6. The average molecular weight is 423 g/mol. The smallest absolute Gasteiger partial charge is 0.267 e. The average Bonchev–Trinajstić information content (AvgIpc) is 2.81. The minimum atomic E-state index is -0.303. The van der Waals surface area contributed by atoms with E-state index in [-0.39, 0.29) is 18.4 Å². The number of nitrogens with one attached hydrogen (secondary N) is 1. The summed E-state index contributed by atoms with van der Waals surface area (Å²) in [6.45, 7) is 0.242. The molecule has 0 bridgehead atoms. The quantitative estimate of drug-likeness (QED) is 0.563. The number of hydrogen-bond acceptors (Lipinski definition) is 4. The van der Waals surface area contributed by atoms with Gasteiger partial charge in [0.15, 0.2) is 0 Å². The predicted molar refractivity (Wildman–Crippen MR) is 104 cm³/mol. The van der Waals surface area contributed by atoms with Gasteiger partial charge in [0.05, 0.1) is 11.6 Å². The van der Waals surface area contributed by atoms with E-state index in [4.69, 9.17) is 12.2 Å². The van der Waals surface area contributed by atoms with Gasteiger partial charge in [-0.3, -0.25) is 9.69 Å². The molecule has 1 aliphatic heterocycles. The normalized spacial score (nSPS) is 16.1. The molecule has 0 spiro atoms. The lowest BCUT2D eigenvalue weighted by Gasteiger charge is -2.16. The predicted octanol–water partition coefficient (Wildman–Crippen LogP) is 4.86. The van der Waals surface area contributed by atoms with Crippen molar-refractivity contribution in [3.63, 3.8) is 0 Å². The Hall–Kier alpha value is -1.70. The fraction of sp³-hybridized carbons (Fsp3) is 0.0588. The van der Waals surface area contributed by atoms with Crippen LogP contribution < -0.4 is 5.32 Å². The van der Waals surface area contributed by atoms with Gasteiger partial charge in [-0.2, -0.15) is 0 Å². The molecular weight excluding hydrogens is 411 g/mol. The number of thiocarbonyl (C=S) groups is 1. The molecule has 0 unspecified atom stereocenters. The Kier molecular flexibility index (Phi) is 5.33. The van der Waals surface area contributed by atoms with Gasteiger partial charge in [0.25, 0.3) is 5.91 Å². The SMILES string of the molecule is O=C1C(=Cc2cccc(Br)c2)SC(=S)N1CNc1ccc(F)cc1. The summed E-state index contributed by atoms with van der Waals surface area (Å²) < 4.78 is 14.4. The van der Waals surface area contributed by atoms with Gasteiger partial charge in [-0.15, -0.1) is 0 Å². The second kappa shape index (κ2) is 7.46. The van der Waals surface area contributed by atoms with Gasteiger partial charge < -0.3 is 5.32 Å². The van der Waals surface area contributed by atoms with E-state index >= 15 is 0 Å². The fourth-order valence-electron chi connectivity index (χ4n) is 2.12. The molecule has 1 heterocycles. The molecule has 0 atom stereocenters. The van der Waals surface area contributed by atoms with Gasteiger partial charge in [0.1, 0.15) is 10.1 Å². The van der Waals surface area contributed by atoms with Crippen molar-refractivity contribution < 1.29 is 9.18 Å². The monoisotopic (exact) mass is 422 g/mol. The second-order valence-corrected chi connectivity index (χ2v) is 7.60. The molecule has 1 fully saturated rings. The zero-order valence-electron chi connectivity index (χ0n) is 12.3. The van der Waals surface area contributed by atoms with E-state index in [2.05, 4.69) is 21.2 Å². The number of rotatable bonds is 4.